The Hall–Kier alpha value is -1.17. The highest BCUT2D eigenvalue weighted by atomic mass is 79.9. The number of aliphatic hydroxyl groups excluding tert-OH is 1. The van der Waals surface area contributed by atoms with Gasteiger partial charge in [0.05, 0.1) is 24.5 Å². The fourth-order valence-corrected chi connectivity index (χ4v) is 2.79. The molecule has 1 atom stereocenters. The van der Waals surface area contributed by atoms with E-state index in [1.165, 1.54) is 6.26 Å². The summed E-state index contributed by atoms with van der Waals surface area (Å²) in [5.41, 5.74) is 1.17. The van der Waals surface area contributed by atoms with Crippen molar-refractivity contribution >= 4 is 27.5 Å². The lowest BCUT2D eigenvalue weighted by atomic mass is 10.0. The zero-order valence-electron chi connectivity index (χ0n) is 10.4. The Kier molecular flexibility index (Phi) is 3.92. The first-order valence-electron chi connectivity index (χ1n) is 6.17. The number of hydrogen-bond acceptors (Lipinski definition) is 4. The Morgan fingerprint density at radius 1 is 1.15 bits per heavy atom. The lowest BCUT2D eigenvalue weighted by Crippen LogP contribution is -2.02. The van der Waals surface area contributed by atoms with Crippen LogP contribution in [0, 0.1) is 0 Å². The molecule has 0 aliphatic carbocycles. The number of ether oxygens (including phenoxy) is 2. The topological polar surface area (TPSA) is 51.8 Å². The molecular weight excluding hydrogens is 348 g/mol. The van der Waals surface area contributed by atoms with E-state index in [1.54, 1.807) is 18.2 Å². The summed E-state index contributed by atoms with van der Waals surface area (Å²) in [6.07, 6.45) is 1.42. The van der Waals surface area contributed by atoms with Gasteiger partial charge in [0.2, 0.25) is 0 Å². The second-order valence-corrected chi connectivity index (χ2v) is 5.55. The molecule has 0 saturated carbocycles. The maximum absolute atomic E-state index is 10.4. The molecule has 0 radical (unpaired) electrons. The van der Waals surface area contributed by atoms with Crippen molar-refractivity contribution in [3.63, 3.8) is 0 Å². The van der Waals surface area contributed by atoms with E-state index in [4.69, 9.17) is 25.5 Å². The van der Waals surface area contributed by atoms with Crippen LogP contribution in [0.15, 0.2) is 33.5 Å². The average Bonchev–Trinajstić information content (AvgIpc) is 2.72. The molecule has 1 unspecified atom stereocenters. The van der Waals surface area contributed by atoms with Crippen LogP contribution in [0.1, 0.15) is 23.7 Å². The van der Waals surface area contributed by atoms with Crippen LogP contribution in [-0.2, 0) is 0 Å². The Morgan fingerprint density at radius 3 is 2.50 bits per heavy atom. The van der Waals surface area contributed by atoms with Crippen molar-refractivity contribution in [1.82, 2.24) is 0 Å². The van der Waals surface area contributed by atoms with Gasteiger partial charge in [-0.1, -0.05) is 11.6 Å². The van der Waals surface area contributed by atoms with Crippen molar-refractivity contribution in [2.24, 2.45) is 0 Å². The third-order valence-corrected chi connectivity index (χ3v) is 4.07. The van der Waals surface area contributed by atoms with E-state index in [9.17, 15) is 5.11 Å². The highest BCUT2D eigenvalue weighted by Crippen LogP contribution is 2.40. The van der Waals surface area contributed by atoms with Gasteiger partial charge < -0.3 is 19.0 Å². The third kappa shape index (κ3) is 2.53. The molecule has 3 rings (SSSR count). The van der Waals surface area contributed by atoms with Crippen LogP contribution in [0.4, 0.5) is 0 Å². The van der Waals surface area contributed by atoms with E-state index in [0.717, 1.165) is 6.42 Å². The van der Waals surface area contributed by atoms with Gasteiger partial charge in [0.1, 0.15) is 6.10 Å². The van der Waals surface area contributed by atoms with E-state index in [2.05, 4.69) is 15.9 Å². The monoisotopic (exact) mass is 358 g/mol. The molecule has 0 spiro atoms. The number of fused-ring (bicyclic) bond motifs is 1. The number of aliphatic hydroxyl groups is 1. The summed E-state index contributed by atoms with van der Waals surface area (Å²) in [5.74, 6) is 1.20. The molecular formula is C14H12BrClO4. The lowest BCUT2D eigenvalue weighted by molar-refractivity contribution is 0.217. The molecule has 1 aliphatic heterocycles. The maximum atomic E-state index is 10.4. The smallest absolute Gasteiger partial charge is 0.175 e. The van der Waals surface area contributed by atoms with Gasteiger partial charge >= 0.3 is 0 Å². The number of halogens is 2. The van der Waals surface area contributed by atoms with Gasteiger partial charge in [-0.2, -0.15) is 0 Å². The molecule has 106 valence electrons. The zero-order valence-corrected chi connectivity index (χ0v) is 12.8. The molecule has 2 heterocycles. The second kappa shape index (κ2) is 5.68. The Balaban J connectivity index is 2.01. The van der Waals surface area contributed by atoms with Gasteiger partial charge in [-0.25, -0.2) is 0 Å². The van der Waals surface area contributed by atoms with E-state index < -0.39 is 6.10 Å². The maximum Gasteiger partial charge on any atom is 0.175 e. The molecule has 6 heteroatoms. The minimum atomic E-state index is -0.896. The number of hydrogen-bond donors (Lipinski definition) is 1. The van der Waals surface area contributed by atoms with Gasteiger partial charge in [0.25, 0.3) is 0 Å². The summed E-state index contributed by atoms with van der Waals surface area (Å²) in [6.45, 7) is 1.18. The molecule has 2 aromatic rings. The fraction of sp³-hybridized carbons (Fsp3) is 0.286. The summed E-state index contributed by atoms with van der Waals surface area (Å²) in [7, 11) is 0. The first kappa shape index (κ1) is 13.8. The van der Waals surface area contributed by atoms with Crippen LogP contribution in [0.25, 0.3) is 0 Å². The predicted octanol–water partition coefficient (Wildman–Crippen LogP) is 3.94. The minimum absolute atomic E-state index is 0.426. The van der Waals surface area contributed by atoms with Gasteiger partial charge in [0, 0.05) is 23.6 Å². The van der Waals surface area contributed by atoms with Crippen molar-refractivity contribution in [3.8, 4) is 11.5 Å². The van der Waals surface area contributed by atoms with Gasteiger partial charge in [-0.3, -0.25) is 0 Å². The largest absolute Gasteiger partial charge is 0.490 e. The van der Waals surface area contributed by atoms with E-state index in [1.807, 2.05) is 0 Å². The van der Waals surface area contributed by atoms with E-state index >= 15 is 0 Å². The predicted molar refractivity (Wildman–Crippen MR) is 77.5 cm³/mol. The standard InChI is InChI=1S/C14H12BrClO4/c15-14-8(2-5-20-14)13(17)9-6-11-12(7-10(9)16)19-4-1-3-18-11/h2,5-7,13,17H,1,3-4H2. The summed E-state index contributed by atoms with van der Waals surface area (Å²) < 4.78 is 16.8. The molecule has 1 N–H and O–H groups in total. The van der Waals surface area contributed by atoms with Crippen LogP contribution in [0.2, 0.25) is 5.02 Å². The normalized spacial score (nSPS) is 15.8. The van der Waals surface area contributed by atoms with Crippen molar-refractivity contribution in [1.29, 1.82) is 0 Å². The molecule has 1 aromatic carbocycles. The van der Waals surface area contributed by atoms with Crippen molar-refractivity contribution < 1.29 is 19.0 Å². The van der Waals surface area contributed by atoms with Crippen LogP contribution in [-0.4, -0.2) is 18.3 Å². The van der Waals surface area contributed by atoms with Crippen LogP contribution >= 0.6 is 27.5 Å². The second-order valence-electron chi connectivity index (χ2n) is 4.42. The van der Waals surface area contributed by atoms with Crippen LogP contribution in [0.5, 0.6) is 11.5 Å². The van der Waals surface area contributed by atoms with Gasteiger partial charge in [0.15, 0.2) is 16.2 Å². The van der Waals surface area contributed by atoms with Gasteiger partial charge in [-0.05, 0) is 28.1 Å². The number of furan rings is 1. The zero-order chi connectivity index (χ0) is 14.1. The highest BCUT2D eigenvalue weighted by Gasteiger charge is 2.22. The molecule has 4 nitrogen and oxygen atoms in total. The van der Waals surface area contributed by atoms with E-state index in [0.29, 0.717) is 45.5 Å². The summed E-state index contributed by atoms with van der Waals surface area (Å²) in [6, 6.07) is 5.08. The Bertz CT molecular complexity index is 626. The molecule has 20 heavy (non-hydrogen) atoms. The minimum Gasteiger partial charge on any atom is -0.490 e. The van der Waals surface area contributed by atoms with Crippen molar-refractivity contribution in [2.75, 3.05) is 13.2 Å². The summed E-state index contributed by atoms with van der Waals surface area (Å²) in [5, 5.41) is 10.9. The lowest BCUT2D eigenvalue weighted by Gasteiger charge is -2.15. The number of benzene rings is 1. The third-order valence-electron chi connectivity index (χ3n) is 3.10. The van der Waals surface area contributed by atoms with Crippen LogP contribution < -0.4 is 9.47 Å². The average molecular weight is 360 g/mol. The number of rotatable bonds is 2. The molecule has 0 amide bonds. The molecule has 1 aromatic heterocycles. The molecule has 0 fully saturated rings. The summed E-state index contributed by atoms with van der Waals surface area (Å²) >= 11 is 9.49. The molecule has 1 aliphatic rings. The van der Waals surface area contributed by atoms with Gasteiger partial charge in [-0.15, -0.1) is 0 Å². The van der Waals surface area contributed by atoms with Crippen molar-refractivity contribution in [2.45, 2.75) is 12.5 Å². The Labute approximate surface area is 129 Å². The first-order chi connectivity index (χ1) is 9.66. The van der Waals surface area contributed by atoms with E-state index in [-0.39, 0.29) is 0 Å². The summed E-state index contributed by atoms with van der Waals surface area (Å²) in [4.78, 5) is 0. The quantitative estimate of drug-likeness (QED) is 0.882. The fourth-order valence-electron chi connectivity index (χ4n) is 2.08. The Morgan fingerprint density at radius 2 is 1.85 bits per heavy atom. The first-order valence-corrected chi connectivity index (χ1v) is 7.34. The SMILES string of the molecule is OC(c1cc2c(cc1Cl)OCCCO2)c1ccoc1Br. The van der Waals surface area contributed by atoms with Crippen molar-refractivity contribution in [3.05, 3.63) is 45.3 Å². The highest BCUT2D eigenvalue weighted by molar-refractivity contribution is 9.10. The molecule has 0 saturated heterocycles. The molecule has 0 bridgehead atoms. The van der Waals surface area contributed by atoms with Crippen LogP contribution in [0.3, 0.4) is 0 Å².